The summed E-state index contributed by atoms with van der Waals surface area (Å²) < 4.78 is 66.0. The van der Waals surface area contributed by atoms with E-state index >= 15 is 0 Å². The van der Waals surface area contributed by atoms with Gasteiger partial charge in [0.25, 0.3) is 0 Å². The van der Waals surface area contributed by atoms with Gasteiger partial charge in [-0.1, -0.05) is 0 Å². The molecule has 184 valence electrons. The van der Waals surface area contributed by atoms with Crippen molar-refractivity contribution in [1.82, 2.24) is 10.2 Å². The predicted octanol–water partition coefficient (Wildman–Crippen LogP) is 3.93. The van der Waals surface area contributed by atoms with Gasteiger partial charge >= 0.3 is 6.18 Å². The van der Waals surface area contributed by atoms with E-state index in [0.29, 0.717) is 44.6 Å². The van der Waals surface area contributed by atoms with Crippen molar-refractivity contribution < 1.29 is 31.5 Å². The topological polar surface area (TPSA) is 85.2 Å². The summed E-state index contributed by atoms with van der Waals surface area (Å²) >= 11 is 0. The fourth-order valence-electron chi connectivity index (χ4n) is 5.39. The predicted molar refractivity (Wildman–Crippen MR) is 112 cm³/mol. The van der Waals surface area contributed by atoms with Crippen LogP contribution >= 0.6 is 0 Å². The van der Waals surface area contributed by atoms with Crippen molar-refractivity contribution in [2.45, 2.75) is 68.9 Å². The first-order valence-corrected chi connectivity index (χ1v) is 11.2. The Balaban J connectivity index is 1.34. The van der Waals surface area contributed by atoms with Crippen LogP contribution in [0.15, 0.2) is 18.2 Å². The van der Waals surface area contributed by atoms with Gasteiger partial charge in [-0.3, -0.25) is 9.59 Å². The van der Waals surface area contributed by atoms with Crippen LogP contribution in [0.2, 0.25) is 0 Å². The van der Waals surface area contributed by atoms with Gasteiger partial charge in [0.05, 0.1) is 30.4 Å². The zero-order chi connectivity index (χ0) is 24.7. The molecule has 6 nitrogen and oxygen atoms in total. The Labute approximate surface area is 193 Å². The van der Waals surface area contributed by atoms with Crippen molar-refractivity contribution >= 4 is 17.5 Å². The number of hydrogen-bond acceptors (Lipinski definition) is 4. The molecule has 34 heavy (non-hydrogen) atoms. The number of nitriles is 1. The minimum atomic E-state index is -4.68. The number of amides is 2. The SMILES string of the molecule is N#CC1C[C@H](F)CN1C(=O)CNC12CCC(C(=O)Nc3ccc(C(F)(F)F)cc3F)(CC1)CC2. The lowest BCUT2D eigenvalue weighted by atomic mass is 9.57. The molecule has 5 rings (SSSR count). The zero-order valence-corrected chi connectivity index (χ0v) is 18.4. The number of rotatable bonds is 5. The molecular weight excluding hydrogens is 459 g/mol. The van der Waals surface area contributed by atoms with Crippen molar-refractivity contribution in [3.05, 3.63) is 29.6 Å². The number of fused-ring (bicyclic) bond motifs is 3. The Kier molecular flexibility index (Phi) is 6.31. The number of alkyl halides is 4. The van der Waals surface area contributed by atoms with E-state index in [1.165, 1.54) is 4.90 Å². The number of hydrogen-bond donors (Lipinski definition) is 2. The summed E-state index contributed by atoms with van der Waals surface area (Å²) in [5.41, 5.74) is -2.51. The van der Waals surface area contributed by atoms with Crippen LogP contribution in [0.4, 0.5) is 27.6 Å². The van der Waals surface area contributed by atoms with E-state index in [9.17, 15) is 31.5 Å². The maximum Gasteiger partial charge on any atom is 0.416 e. The summed E-state index contributed by atoms with van der Waals surface area (Å²) in [5.74, 6) is -1.90. The lowest BCUT2D eigenvalue weighted by Gasteiger charge is -2.52. The highest BCUT2D eigenvalue weighted by Crippen LogP contribution is 2.53. The molecule has 4 aliphatic rings. The molecule has 1 unspecified atom stereocenters. The molecule has 11 heteroatoms. The Bertz CT molecular complexity index is 997. The van der Waals surface area contributed by atoms with Crippen molar-refractivity contribution in [2.24, 2.45) is 5.41 Å². The molecule has 1 aromatic rings. The highest BCUT2D eigenvalue weighted by Gasteiger charge is 2.52. The average molecular weight is 484 g/mol. The number of anilines is 1. The van der Waals surface area contributed by atoms with E-state index in [1.54, 1.807) is 0 Å². The summed E-state index contributed by atoms with van der Waals surface area (Å²) in [7, 11) is 0. The summed E-state index contributed by atoms with van der Waals surface area (Å²) in [5, 5.41) is 14.9. The molecule has 1 saturated heterocycles. The van der Waals surface area contributed by atoms with Crippen molar-refractivity contribution in [3.63, 3.8) is 0 Å². The van der Waals surface area contributed by atoms with Gasteiger partial charge in [0.1, 0.15) is 18.0 Å². The van der Waals surface area contributed by atoms with Gasteiger partial charge < -0.3 is 15.5 Å². The normalized spacial score (nSPS) is 30.8. The van der Waals surface area contributed by atoms with Gasteiger partial charge in [-0.25, -0.2) is 8.78 Å². The van der Waals surface area contributed by atoms with Crippen LogP contribution < -0.4 is 10.6 Å². The van der Waals surface area contributed by atoms with Gasteiger partial charge in [0, 0.05) is 17.4 Å². The summed E-state index contributed by atoms with van der Waals surface area (Å²) in [6.45, 7) is -0.115. The third-order valence-corrected chi connectivity index (χ3v) is 7.61. The molecule has 3 aliphatic carbocycles. The van der Waals surface area contributed by atoms with Crippen LogP contribution in [-0.2, 0) is 15.8 Å². The first-order chi connectivity index (χ1) is 16.0. The van der Waals surface area contributed by atoms with Crippen LogP contribution in [0.3, 0.4) is 0 Å². The summed E-state index contributed by atoms with van der Waals surface area (Å²) in [6, 6.07) is 3.21. The van der Waals surface area contributed by atoms with Gasteiger partial charge in [-0.2, -0.15) is 18.4 Å². The van der Waals surface area contributed by atoms with Crippen molar-refractivity contribution in [1.29, 1.82) is 5.26 Å². The summed E-state index contributed by atoms with van der Waals surface area (Å²) in [6.07, 6.45) is -2.62. The van der Waals surface area contributed by atoms with Crippen LogP contribution in [0.5, 0.6) is 0 Å². The van der Waals surface area contributed by atoms with E-state index < -0.39 is 41.1 Å². The molecule has 1 aromatic carbocycles. The van der Waals surface area contributed by atoms with Crippen LogP contribution in [-0.4, -0.2) is 47.6 Å². The number of halogens is 5. The molecule has 2 atom stereocenters. The molecule has 1 heterocycles. The van der Waals surface area contributed by atoms with Crippen molar-refractivity contribution in [2.75, 3.05) is 18.4 Å². The Morgan fingerprint density at radius 1 is 1.15 bits per heavy atom. The first kappa shape index (κ1) is 24.4. The summed E-state index contributed by atoms with van der Waals surface area (Å²) in [4.78, 5) is 26.8. The number of nitrogens with one attached hydrogen (secondary N) is 2. The highest BCUT2D eigenvalue weighted by molar-refractivity contribution is 5.95. The van der Waals surface area contributed by atoms with Gasteiger partial charge in [0.15, 0.2) is 0 Å². The van der Waals surface area contributed by atoms with Crippen LogP contribution in [0, 0.1) is 22.6 Å². The molecule has 3 saturated carbocycles. The van der Waals surface area contributed by atoms with Gasteiger partial charge in [-0.15, -0.1) is 0 Å². The number of carbonyl (C=O) groups is 2. The van der Waals surface area contributed by atoms with Crippen molar-refractivity contribution in [3.8, 4) is 6.07 Å². The van der Waals surface area contributed by atoms with E-state index in [4.69, 9.17) is 5.26 Å². The van der Waals surface area contributed by atoms with Crippen LogP contribution in [0.1, 0.15) is 50.5 Å². The molecule has 2 amide bonds. The molecular formula is C23H25F5N4O2. The van der Waals surface area contributed by atoms with Gasteiger partial charge in [0.2, 0.25) is 11.8 Å². The van der Waals surface area contributed by atoms with Gasteiger partial charge in [-0.05, 0) is 56.7 Å². The second kappa shape index (κ2) is 8.80. The number of nitrogens with zero attached hydrogens (tertiary/aromatic N) is 2. The van der Waals surface area contributed by atoms with E-state index in [1.807, 2.05) is 6.07 Å². The second-order valence-electron chi connectivity index (χ2n) is 9.58. The third-order valence-electron chi connectivity index (χ3n) is 7.61. The van der Waals surface area contributed by atoms with Crippen LogP contribution in [0.25, 0.3) is 0 Å². The maximum atomic E-state index is 14.2. The van der Waals surface area contributed by atoms with E-state index in [0.717, 1.165) is 12.1 Å². The quantitative estimate of drug-likeness (QED) is 0.621. The lowest BCUT2D eigenvalue weighted by Crippen LogP contribution is -2.59. The number of carbonyl (C=O) groups excluding carboxylic acids is 2. The highest BCUT2D eigenvalue weighted by atomic mass is 19.4. The molecule has 0 spiro atoms. The Hall–Kier alpha value is -2.74. The number of benzene rings is 1. The average Bonchev–Trinajstić information content (AvgIpc) is 3.20. The molecule has 0 radical (unpaired) electrons. The Morgan fingerprint density at radius 2 is 1.79 bits per heavy atom. The molecule has 2 bridgehead atoms. The fraction of sp³-hybridized carbons (Fsp3) is 0.609. The minimum Gasteiger partial charge on any atom is -0.323 e. The molecule has 0 aromatic heterocycles. The fourth-order valence-corrected chi connectivity index (χ4v) is 5.39. The molecule has 4 fully saturated rings. The van der Waals surface area contributed by atoms with E-state index in [-0.39, 0.29) is 36.6 Å². The standard InChI is InChI=1S/C23H25F5N4O2/c24-15-10-16(11-29)32(13-15)19(33)12-30-22-6-3-21(4-7-22,5-8-22)20(34)31-18-2-1-14(9-17(18)25)23(26,27)28/h1-2,9,15-16,30H,3-8,10,12-13H2,(H,31,34)/t15-,16?,21?,22?/m0/s1. The monoisotopic (exact) mass is 484 g/mol. The smallest absolute Gasteiger partial charge is 0.323 e. The maximum absolute atomic E-state index is 14.2. The second-order valence-corrected chi connectivity index (χ2v) is 9.58. The Morgan fingerprint density at radius 3 is 2.35 bits per heavy atom. The number of likely N-dealkylation sites (tertiary alicyclic amines) is 1. The first-order valence-electron chi connectivity index (χ1n) is 11.2. The zero-order valence-electron chi connectivity index (χ0n) is 18.4. The largest absolute Gasteiger partial charge is 0.416 e. The minimum absolute atomic E-state index is 0.0184. The van der Waals surface area contributed by atoms with E-state index in [2.05, 4.69) is 10.6 Å². The third kappa shape index (κ3) is 4.60. The molecule has 1 aliphatic heterocycles. The molecule has 2 N–H and O–H groups in total. The lowest BCUT2D eigenvalue weighted by molar-refractivity contribution is -0.137.